The molecule has 0 spiro atoms. The maximum atomic E-state index is 12.6. The van der Waals surface area contributed by atoms with Crippen molar-refractivity contribution < 1.29 is 52.4 Å². The maximum Gasteiger partial charge on any atom is 0.339 e. The lowest BCUT2D eigenvalue weighted by Crippen LogP contribution is -2.64. The molecule has 3 rings (SSSR count). The van der Waals surface area contributed by atoms with Crippen LogP contribution in [0.25, 0.3) is 20.5 Å². The van der Waals surface area contributed by atoms with Gasteiger partial charge in [-0.2, -0.15) is 0 Å². The number of benzene rings is 1. The molecule has 1 aromatic carbocycles. The highest BCUT2D eigenvalue weighted by Gasteiger charge is 2.55. The minimum atomic E-state index is -1.63. The van der Waals surface area contributed by atoms with Crippen LogP contribution < -0.4 is 4.74 Å². The van der Waals surface area contributed by atoms with Gasteiger partial charge < -0.3 is 28.4 Å². The quantitative estimate of drug-likeness (QED) is 0.112. The van der Waals surface area contributed by atoms with Gasteiger partial charge in [-0.1, -0.05) is 5.11 Å². The van der Waals surface area contributed by atoms with Crippen molar-refractivity contribution in [1.29, 1.82) is 0 Å². The molecule has 2 heterocycles. The molecule has 1 unspecified atom stereocenters. The second-order valence-corrected chi connectivity index (χ2v) is 9.04. The Morgan fingerprint density at radius 1 is 1.05 bits per heavy atom. The number of nitrogens with zero attached hydrogens (tertiary/aromatic N) is 3. The van der Waals surface area contributed by atoms with Crippen molar-refractivity contribution in [3.63, 3.8) is 0 Å². The van der Waals surface area contributed by atoms with Crippen molar-refractivity contribution in [2.45, 2.75) is 58.0 Å². The molecule has 0 aliphatic carbocycles. The number of esters is 4. The van der Waals surface area contributed by atoms with Crippen LogP contribution in [-0.2, 0) is 49.4 Å². The number of ether oxygens (including phenoxy) is 6. The Labute approximate surface area is 219 Å². The van der Waals surface area contributed by atoms with Gasteiger partial charge in [0.05, 0.1) is 13.7 Å². The van der Waals surface area contributed by atoms with E-state index in [0.29, 0.717) is 26.8 Å². The molecule has 38 heavy (non-hydrogen) atoms. The molecule has 0 saturated carbocycles. The van der Waals surface area contributed by atoms with Crippen molar-refractivity contribution in [2.75, 3.05) is 7.11 Å². The van der Waals surface area contributed by atoms with E-state index >= 15 is 0 Å². The van der Waals surface area contributed by atoms with Crippen LogP contribution in [0.3, 0.4) is 0 Å². The molecule has 1 aliphatic heterocycles. The maximum absolute atomic E-state index is 12.6. The standard InChI is InChI=1S/C23H23N3O11S/c1-10(28)33-17-18(34-11(2)29)20(35-12(3)30)23(37-19(17)22(31)32-4)36-16-6-5-13(9-27)21-15(16)7-14(38-21)8-25-26-24/h5-7,9,17-20,23H,8H2,1-4H3/t17-,18-,19?,20+,23+/m0/s1. The first-order valence-corrected chi connectivity index (χ1v) is 11.8. The van der Waals surface area contributed by atoms with Crippen molar-refractivity contribution in [1.82, 2.24) is 0 Å². The topological polar surface area (TPSA) is 189 Å². The van der Waals surface area contributed by atoms with Gasteiger partial charge in [0.1, 0.15) is 5.75 Å². The minimum absolute atomic E-state index is 0.0204. The molecule has 1 fully saturated rings. The van der Waals surface area contributed by atoms with Gasteiger partial charge in [0.15, 0.2) is 24.6 Å². The fraction of sp³-hybridized carbons (Fsp3) is 0.435. The molecular weight excluding hydrogens is 526 g/mol. The number of hydrogen-bond acceptors (Lipinski definition) is 13. The van der Waals surface area contributed by atoms with Crippen molar-refractivity contribution in [3.8, 4) is 5.75 Å². The van der Waals surface area contributed by atoms with E-state index in [0.717, 1.165) is 27.9 Å². The summed E-state index contributed by atoms with van der Waals surface area (Å²) in [4.78, 5) is 63.3. The average Bonchev–Trinajstić information content (AvgIpc) is 3.29. The number of azide groups is 1. The molecule has 0 radical (unpaired) electrons. The second-order valence-electron chi connectivity index (χ2n) is 7.90. The summed E-state index contributed by atoms with van der Waals surface area (Å²) in [5.41, 5.74) is 8.99. The number of thiophene rings is 1. The monoisotopic (exact) mass is 549 g/mol. The normalized spacial score (nSPS) is 22.5. The van der Waals surface area contributed by atoms with Gasteiger partial charge in [0.2, 0.25) is 12.4 Å². The number of hydrogen-bond donors (Lipinski definition) is 0. The van der Waals surface area contributed by atoms with E-state index < -0.39 is 54.6 Å². The molecule has 1 saturated heterocycles. The highest BCUT2D eigenvalue weighted by atomic mass is 32.1. The van der Waals surface area contributed by atoms with Crippen LogP contribution in [0.15, 0.2) is 23.3 Å². The fourth-order valence-corrected chi connectivity index (χ4v) is 4.91. The van der Waals surface area contributed by atoms with Crippen LogP contribution in [0.1, 0.15) is 36.0 Å². The average molecular weight is 550 g/mol. The number of carbonyl (C=O) groups is 5. The van der Waals surface area contributed by atoms with Gasteiger partial charge in [-0.3, -0.25) is 19.2 Å². The molecule has 15 heteroatoms. The molecule has 202 valence electrons. The summed E-state index contributed by atoms with van der Waals surface area (Å²) in [5.74, 6) is -3.30. The van der Waals surface area contributed by atoms with Crippen LogP contribution in [0.2, 0.25) is 0 Å². The van der Waals surface area contributed by atoms with Gasteiger partial charge in [0.25, 0.3) is 0 Å². The highest BCUT2D eigenvalue weighted by molar-refractivity contribution is 7.19. The lowest BCUT2D eigenvalue weighted by Gasteiger charge is -2.43. The first kappa shape index (κ1) is 28.4. The van der Waals surface area contributed by atoms with Crippen LogP contribution in [-0.4, -0.2) is 68.0 Å². The lowest BCUT2D eigenvalue weighted by molar-refractivity contribution is -0.282. The number of rotatable bonds is 9. The Morgan fingerprint density at radius 3 is 2.26 bits per heavy atom. The van der Waals surface area contributed by atoms with E-state index in [1.807, 2.05) is 0 Å². The fourth-order valence-electron chi connectivity index (χ4n) is 3.85. The van der Waals surface area contributed by atoms with Crippen molar-refractivity contribution >= 4 is 51.6 Å². The Bertz CT molecular complexity index is 1300. The van der Waals surface area contributed by atoms with Crippen molar-refractivity contribution in [2.24, 2.45) is 5.11 Å². The van der Waals surface area contributed by atoms with Gasteiger partial charge in [-0.15, -0.1) is 11.3 Å². The molecule has 0 amide bonds. The van der Waals surface area contributed by atoms with Gasteiger partial charge in [-0.25, -0.2) is 4.79 Å². The first-order valence-electron chi connectivity index (χ1n) is 11.0. The SMILES string of the molecule is COC(=O)C1O[C@@H](Oc2ccc(C=O)c3sc(CN=[N+]=[N-])cc23)[C@H](OC(C)=O)[C@@H](OC(C)=O)[C@@H]1OC(C)=O. The Morgan fingerprint density at radius 2 is 1.68 bits per heavy atom. The molecule has 5 atom stereocenters. The van der Waals surface area contributed by atoms with Crippen LogP contribution in [0.5, 0.6) is 5.75 Å². The van der Waals surface area contributed by atoms with E-state index in [1.165, 1.54) is 23.5 Å². The molecule has 0 N–H and O–H groups in total. The molecule has 1 aliphatic rings. The van der Waals surface area contributed by atoms with E-state index in [4.69, 9.17) is 34.0 Å². The third-order valence-corrected chi connectivity index (χ3v) is 6.39. The van der Waals surface area contributed by atoms with E-state index in [9.17, 15) is 24.0 Å². The Balaban J connectivity index is 2.12. The zero-order valence-electron chi connectivity index (χ0n) is 20.6. The predicted octanol–water partition coefficient (Wildman–Crippen LogP) is 2.60. The number of fused-ring (bicyclic) bond motifs is 1. The molecular formula is C23H23N3O11S. The number of carbonyl (C=O) groups excluding carboxylic acids is 5. The smallest absolute Gasteiger partial charge is 0.339 e. The summed E-state index contributed by atoms with van der Waals surface area (Å²) in [6.07, 6.45) is -7.10. The van der Waals surface area contributed by atoms with Crippen LogP contribution in [0.4, 0.5) is 0 Å². The summed E-state index contributed by atoms with van der Waals surface area (Å²) in [7, 11) is 1.07. The van der Waals surface area contributed by atoms with E-state index in [-0.39, 0.29) is 12.3 Å². The summed E-state index contributed by atoms with van der Waals surface area (Å²) >= 11 is 1.20. The number of aldehydes is 1. The summed E-state index contributed by atoms with van der Waals surface area (Å²) in [6, 6.07) is 4.57. The lowest BCUT2D eigenvalue weighted by atomic mass is 9.97. The van der Waals surface area contributed by atoms with E-state index in [2.05, 4.69) is 10.0 Å². The van der Waals surface area contributed by atoms with Gasteiger partial charge in [-0.05, 0) is 23.7 Å². The van der Waals surface area contributed by atoms with Crippen LogP contribution in [0, 0.1) is 0 Å². The molecule has 2 aromatic rings. The third-order valence-electron chi connectivity index (χ3n) is 5.22. The minimum Gasteiger partial charge on any atom is -0.467 e. The van der Waals surface area contributed by atoms with E-state index in [1.54, 1.807) is 6.07 Å². The van der Waals surface area contributed by atoms with Crippen molar-refractivity contribution in [3.05, 3.63) is 39.1 Å². The summed E-state index contributed by atoms with van der Waals surface area (Å²) < 4.78 is 33.0. The number of methoxy groups -OCH3 is 1. The summed E-state index contributed by atoms with van der Waals surface area (Å²) in [5, 5.41) is 3.97. The summed E-state index contributed by atoms with van der Waals surface area (Å²) in [6.45, 7) is 3.25. The Kier molecular flexibility index (Phi) is 9.23. The second kappa shape index (κ2) is 12.4. The molecule has 0 bridgehead atoms. The third kappa shape index (κ3) is 6.37. The predicted molar refractivity (Wildman–Crippen MR) is 128 cm³/mol. The zero-order valence-corrected chi connectivity index (χ0v) is 21.5. The zero-order chi connectivity index (χ0) is 28.0. The highest BCUT2D eigenvalue weighted by Crippen LogP contribution is 2.38. The largest absolute Gasteiger partial charge is 0.467 e. The van der Waals surface area contributed by atoms with Crippen LogP contribution >= 0.6 is 11.3 Å². The first-order chi connectivity index (χ1) is 18.1. The molecule has 14 nitrogen and oxygen atoms in total. The molecule has 1 aromatic heterocycles. The Hall–Kier alpha value is -4.20. The van der Waals surface area contributed by atoms with Gasteiger partial charge >= 0.3 is 23.9 Å². The van der Waals surface area contributed by atoms with Gasteiger partial charge in [0, 0.05) is 46.2 Å².